The van der Waals surface area contributed by atoms with Crippen LogP contribution in [0.5, 0.6) is 0 Å². The molecule has 6 nitrogen and oxygen atoms in total. The van der Waals surface area contributed by atoms with Crippen molar-refractivity contribution in [2.45, 2.75) is 57.4 Å². The van der Waals surface area contributed by atoms with E-state index in [1.807, 2.05) is 6.07 Å². The van der Waals surface area contributed by atoms with Gasteiger partial charge in [-0.15, -0.1) is 0 Å². The van der Waals surface area contributed by atoms with Gasteiger partial charge in [-0.2, -0.15) is 0 Å². The van der Waals surface area contributed by atoms with Crippen molar-refractivity contribution in [3.8, 4) is 0 Å². The zero-order chi connectivity index (χ0) is 26.5. The van der Waals surface area contributed by atoms with Crippen molar-refractivity contribution in [3.05, 3.63) is 77.5 Å². The number of halogens is 3. The Morgan fingerprint density at radius 2 is 1.83 bits per heavy atom. The molecule has 0 fully saturated rings. The maximum absolute atomic E-state index is 14.0. The first-order valence-corrected chi connectivity index (χ1v) is 11.6. The van der Waals surface area contributed by atoms with Gasteiger partial charge in [-0.05, 0) is 56.9 Å². The van der Waals surface area contributed by atoms with E-state index < -0.39 is 47.3 Å². The van der Waals surface area contributed by atoms with Crippen LogP contribution in [0.1, 0.15) is 49.0 Å². The topological polar surface area (TPSA) is 103 Å². The summed E-state index contributed by atoms with van der Waals surface area (Å²) in [5.74, 6) is -4.53. The van der Waals surface area contributed by atoms with Crippen LogP contribution in [0.15, 0.2) is 54.7 Å². The molecule has 3 atom stereocenters. The molecule has 0 radical (unpaired) electrons. The number of nitrogens with zero attached hydrogens (tertiary/aromatic N) is 1. The molecule has 192 valence electrons. The number of hydrogen-bond donors (Lipinski definition) is 2. The second-order valence-electron chi connectivity index (χ2n) is 9.45. The van der Waals surface area contributed by atoms with Crippen LogP contribution < -0.4 is 5.73 Å². The van der Waals surface area contributed by atoms with Crippen LogP contribution in [-0.4, -0.2) is 39.8 Å². The number of aromatic nitrogens is 1. The van der Waals surface area contributed by atoms with Crippen molar-refractivity contribution < 1.29 is 32.6 Å². The summed E-state index contributed by atoms with van der Waals surface area (Å²) < 4.78 is 47.0. The number of pyridine rings is 1. The second-order valence-corrected chi connectivity index (χ2v) is 9.45. The van der Waals surface area contributed by atoms with Gasteiger partial charge in [-0.1, -0.05) is 30.3 Å². The van der Waals surface area contributed by atoms with E-state index in [4.69, 9.17) is 10.5 Å². The van der Waals surface area contributed by atoms with Crippen LogP contribution in [0.4, 0.5) is 13.2 Å². The second kappa shape index (κ2) is 11.5. The lowest BCUT2D eigenvalue weighted by atomic mass is 9.88. The number of carbonyl (C=O) groups is 2. The number of ether oxygens (including phenoxy) is 1. The summed E-state index contributed by atoms with van der Waals surface area (Å²) in [5.41, 5.74) is 4.49. The zero-order valence-electron chi connectivity index (χ0n) is 20.1. The summed E-state index contributed by atoms with van der Waals surface area (Å²) in [7, 11) is 0. The van der Waals surface area contributed by atoms with Crippen LogP contribution in [0, 0.1) is 17.6 Å². The summed E-state index contributed by atoms with van der Waals surface area (Å²) in [5, 5.41) is 11.2. The lowest BCUT2D eigenvalue weighted by Crippen LogP contribution is -2.38. The molecule has 3 rings (SSSR count). The van der Waals surface area contributed by atoms with Gasteiger partial charge in [0.2, 0.25) is 5.91 Å². The normalized spacial score (nSPS) is 14.3. The number of aliphatic hydroxyl groups is 1. The molecule has 2 aromatic carbocycles. The zero-order valence-corrected chi connectivity index (χ0v) is 20.1. The van der Waals surface area contributed by atoms with Gasteiger partial charge in [-0.3, -0.25) is 9.78 Å². The van der Waals surface area contributed by atoms with Gasteiger partial charge in [0.25, 0.3) is 0 Å². The Labute approximate surface area is 207 Å². The third kappa shape index (κ3) is 7.27. The highest BCUT2D eigenvalue weighted by atomic mass is 19.2. The number of rotatable bonds is 11. The Morgan fingerprint density at radius 1 is 1.14 bits per heavy atom. The monoisotopic (exact) mass is 502 g/mol. The van der Waals surface area contributed by atoms with Crippen molar-refractivity contribution >= 4 is 22.8 Å². The van der Waals surface area contributed by atoms with Gasteiger partial charge in [0.15, 0.2) is 11.6 Å². The number of alkyl halides is 1. The van der Waals surface area contributed by atoms with E-state index >= 15 is 0 Å². The third-order valence-corrected chi connectivity index (χ3v) is 5.96. The molecule has 1 amide bonds. The van der Waals surface area contributed by atoms with Crippen LogP contribution in [0.2, 0.25) is 0 Å². The van der Waals surface area contributed by atoms with E-state index in [0.29, 0.717) is 0 Å². The number of aliphatic hydroxyl groups excluding tert-OH is 1. The molecule has 3 N–H and O–H groups in total. The average molecular weight is 503 g/mol. The fraction of sp³-hybridized carbons (Fsp3) is 0.370. The number of hydrogen-bond acceptors (Lipinski definition) is 5. The molecule has 0 unspecified atom stereocenters. The van der Waals surface area contributed by atoms with E-state index in [-0.39, 0.29) is 42.1 Å². The van der Waals surface area contributed by atoms with Gasteiger partial charge >= 0.3 is 5.97 Å². The number of primary amides is 1. The number of nitrogens with two attached hydrogens (primary N) is 1. The minimum atomic E-state index is -1.51. The van der Waals surface area contributed by atoms with Crippen LogP contribution in [-0.2, 0) is 16.0 Å². The minimum Gasteiger partial charge on any atom is -0.456 e. The molecular weight excluding hydrogens is 473 g/mol. The van der Waals surface area contributed by atoms with Crippen LogP contribution in [0.25, 0.3) is 10.9 Å². The summed E-state index contributed by atoms with van der Waals surface area (Å²) in [6.45, 7) is 2.78. The predicted octanol–water partition coefficient (Wildman–Crippen LogP) is 4.66. The average Bonchev–Trinajstić information content (AvgIpc) is 2.83. The van der Waals surface area contributed by atoms with E-state index in [0.717, 1.165) is 17.8 Å². The molecule has 0 aliphatic carbocycles. The van der Waals surface area contributed by atoms with Crippen molar-refractivity contribution in [1.29, 1.82) is 0 Å². The Balaban J connectivity index is 1.82. The highest BCUT2D eigenvalue weighted by Crippen LogP contribution is 2.25. The summed E-state index contributed by atoms with van der Waals surface area (Å²) in [6.07, 6.45) is -1.09. The first kappa shape index (κ1) is 27.1. The van der Waals surface area contributed by atoms with Gasteiger partial charge in [0.05, 0.1) is 11.7 Å². The quantitative estimate of drug-likeness (QED) is 0.371. The smallest absolute Gasteiger partial charge is 0.340 e. The van der Waals surface area contributed by atoms with E-state index in [1.165, 1.54) is 26.0 Å². The van der Waals surface area contributed by atoms with Crippen molar-refractivity contribution in [2.24, 2.45) is 11.7 Å². The van der Waals surface area contributed by atoms with Crippen molar-refractivity contribution in [1.82, 2.24) is 4.98 Å². The van der Waals surface area contributed by atoms with E-state index in [2.05, 4.69) is 4.98 Å². The first-order chi connectivity index (χ1) is 16.9. The maximum Gasteiger partial charge on any atom is 0.340 e. The molecule has 1 aromatic heterocycles. The van der Waals surface area contributed by atoms with Crippen LogP contribution >= 0.6 is 0 Å². The number of carbonyl (C=O) groups excluding carboxylic acids is 2. The molecule has 36 heavy (non-hydrogen) atoms. The predicted molar refractivity (Wildman–Crippen MR) is 129 cm³/mol. The van der Waals surface area contributed by atoms with Crippen LogP contribution in [0.3, 0.4) is 0 Å². The number of benzene rings is 2. The Bertz CT molecular complexity index is 1210. The maximum atomic E-state index is 14.0. The number of esters is 1. The Morgan fingerprint density at radius 3 is 2.47 bits per heavy atom. The lowest BCUT2D eigenvalue weighted by molar-refractivity contribution is -0.124. The van der Waals surface area contributed by atoms with Gasteiger partial charge in [-0.25, -0.2) is 18.0 Å². The molecule has 0 saturated carbocycles. The minimum absolute atomic E-state index is 0.0237. The highest BCUT2D eigenvalue weighted by Gasteiger charge is 2.31. The molecule has 9 heteroatoms. The van der Waals surface area contributed by atoms with Crippen molar-refractivity contribution in [3.63, 3.8) is 0 Å². The van der Waals surface area contributed by atoms with Gasteiger partial charge in [0, 0.05) is 23.9 Å². The standard InChI is InChI=1S/C27H29F3N2O4/c1-27(2,30)11-10-18(25(31)34)14-21(33)22(12-16-6-4-3-5-7-16)36-26(35)19-13-17-8-9-20(28)23(29)24(17)32-15-19/h3-9,13,15,18,21-22,33H,10-12,14H2,1-2H3,(H2,31,34)/t18-,21+,22+/m1/s1. The summed E-state index contributed by atoms with van der Waals surface area (Å²) in [4.78, 5) is 28.8. The van der Waals surface area contributed by atoms with E-state index in [1.54, 1.807) is 24.3 Å². The molecular formula is C27H29F3N2O4. The largest absolute Gasteiger partial charge is 0.456 e. The molecule has 3 aromatic rings. The third-order valence-electron chi connectivity index (χ3n) is 5.96. The molecule has 1 heterocycles. The highest BCUT2D eigenvalue weighted by molar-refractivity contribution is 5.93. The fourth-order valence-electron chi connectivity index (χ4n) is 3.90. The summed E-state index contributed by atoms with van der Waals surface area (Å²) >= 11 is 0. The van der Waals surface area contributed by atoms with Gasteiger partial charge in [0.1, 0.15) is 17.3 Å². The Kier molecular flexibility index (Phi) is 8.68. The SMILES string of the molecule is CC(C)(F)CC[C@H](C[C@H](O)[C@H](Cc1ccccc1)OC(=O)c1cnc2c(F)c(F)ccc2c1)C(N)=O. The van der Waals surface area contributed by atoms with E-state index in [9.17, 15) is 27.9 Å². The number of amides is 1. The number of fused-ring (bicyclic) bond motifs is 1. The summed E-state index contributed by atoms with van der Waals surface area (Å²) in [6, 6.07) is 12.5. The first-order valence-electron chi connectivity index (χ1n) is 11.6. The Hall–Kier alpha value is -3.46. The van der Waals surface area contributed by atoms with Crippen molar-refractivity contribution in [2.75, 3.05) is 0 Å². The molecule has 0 aliphatic heterocycles. The lowest BCUT2D eigenvalue weighted by Gasteiger charge is -2.27. The molecule has 0 aliphatic rings. The molecule has 0 spiro atoms. The van der Waals surface area contributed by atoms with Gasteiger partial charge < -0.3 is 15.6 Å². The molecule has 0 saturated heterocycles. The molecule has 0 bridgehead atoms. The fourth-order valence-corrected chi connectivity index (χ4v) is 3.90.